The molecule has 1 aliphatic rings. The monoisotopic (exact) mass is 480 g/mol. The third kappa shape index (κ3) is 5.73. The van der Waals surface area contributed by atoms with Gasteiger partial charge < -0.3 is 15.0 Å². The number of nitrogens with one attached hydrogen (secondary N) is 1. The first-order chi connectivity index (χ1) is 15.1. The molecular formula is C24H30Cl2N2O4. The molecule has 0 spiro atoms. The first kappa shape index (κ1) is 25.9. The van der Waals surface area contributed by atoms with E-state index in [2.05, 4.69) is 5.32 Å². The Labute approximate surface area is 199 Å². The summed E-state index contributed by atoms with van der Waals surface area (Å²) in [6.45, 7) is 8.11. The number of alkyl halides is 2. The van der Waals surface area contributed by atoms with Crippen molar-refractivity contribution in [2.75, 3.05) is 36.8 Å². The van der Waals surface area contributed by atoms with E-state index in [1.165, 1.54) is 0 Å². The molecule has 0 bridgehead atoms. The number of carbonyl (C=O) groups excluding carboxylic acids is 3. The minimum atomic E-state index is -0.881. The molecule has 174 valence electrons. The Morgan fingerprint density at radius 1 is 1.00 bits per heavy atom. The third-order valence-corrected chi connectivity index (χ3v) is 5.88. The second kappa shape index (κ2) is 11.0. The molecule has 0 unspecified atom stereocenters. The summed E-state index contributed by atoms with van der Waals surface area (Å²) in [5.74, 6) is 0.405. The summed E-state index contributed by atoms with van der Waals surface area (Å²) < 4.78 is 5.51. The molecule has 8 heteroatoms. The van der Waals surface area contributed by atoms with Crippen molar-refractivity contribution in [2.24, 2.45) is 5.41 Å². The fourth-order valence-corrected chi connectivity index (χ4v) is 4.41. The van der Waals surface area contributed by atoms with Crippen LogP contribution in [0.2, 0.25) is 0 Å². The zero-order valence-electron chi connectivity index (χ0n) is 19.2. The van der Waals surface area contributed by atoms with E-state index in [1.54, 1.807) is 46.9 Å². The lowest BCUT2D eigenvalue weighted by Gasteiger charge is -2.31. The second-order valence-corrected chi connectivity index (χ2v) is 9.06. The molecule has 2 rings (SSSR count). The van der Waals surface area contributed by atoms with Crippen molar-refractivity contribution in [3.05, 3.63) is 46.7 Å². The Morgan fingerprint density at radius 2 is 1.56 bits per heavy atom. The van der Waals surface area contributed by atoms with Gasteiger partial charge in [0.2, 0.25) is 5.78 Å². The topological polar surface area (TPSA) is 75.7 Å². The molecule has 1 N–H and O–H groups in total. The van der Waals surface area contributed by atoms with E-state index in [1.807, 2.05) is 17.0 Å². The van der Waals surface area contributed by atoms with Gasteiger partial charge in [-0.15, -0.1) is 23.2 Å². The molecule has 1 aliphatic carbocycles. The van der Waals surface area contributed by atoms with Crippen LogP contribution in [0.4, 0.5) is 5.69 Å². The van der Waals surface area contributed by atoms with Gasteiger partial charge in [-0.2, -0.15) is 0 Å². The van der Waals surface area contributed by atoms with Gasteiger partial charge in [0, 0.05) is 59.7 Å². The molecule has 0 atom stereocenters. The van der Waals surface area contributed by atoms with Gasteiger partial charge in [-0.3, -0.25) is 14.4 Å². The van der Waals surface area contributed by atoms with Gasteiger partial charge in [0.15, 0.2) is 5.78 Å². The predicted octanol–water partition coefficient (Wildman–Crippen LogP) is 4.25. The Balaban J connectivity index is 2.15. The van der Waals surface area contributed by atoms with E-state index >= 15 is 0 Å². The average Bonchev–Trinajstić information content (AvgIpc) is 2.72. The zero-order chi connectivity index (χ0) is 24.1. The Hall–Kier alpha value is -2.31. The fourth-order valence-electron chi connectivity index (χ4n) is 4.01. The number of likely N-dealkylation sites (N-methyl/N-ethyl adjacent to an activating group) is 1. The van der Waals surface area contributed by atoms with E-state index in [0.717, 1.165) is 5.69 Å². The number of halogens is 2. The van der Waals surface area contributed by atoms with Gasteiger partial charge in [-0.1, -0.05) is 13.8 Å². The molecule has 32 heavy (non-hydrogen) atoms. The Morgan fingerprint density at radius 3 is 2.06 bits per heavy atom. The van der Waals surface area contributed by atoms with Crippen molar-refractivity contribution in [2.45, 2.75) is 34.1 Å². The van der Waals surface area contributed by atoms with Crippen LogP contribution in [0.3, 0.4) is 0 Å². The van der Waals surface area contributed by atoms with Gasteiger partial charge >= 0.3 is 5.97 Å². The highest BCUT2D eigenvalue weighted by Gasteiger charge is 2.39. The number of rotatable bonds is 10. The average molecular weight is 481 g/mol. The van der Waals surface area contributed by atoms with Crippen LogP contribution in [-0.2, 0) is 14.4 Å². The lowest BCUT2D eigenvalue weighted by Crippen LogP contribution is -2.36. The molecule has 0 saturated heterocycles. The number of benzene rings is 1. The number of ether oxygens (including phenoxy) is 1. The molecule has 0 aromatic heterocycles. The molecular weight excluding hydrogens is 451 g/mol. The van der Waals surface area contributed by atoms with E-state index in [-0.39, 0.29) is 23.7 Å². The van der Waals surface area contributed by atoms with Crippen LogP contribution in [0.15, 0.2) is 46.7 Å². The fraction of sp³-hybridized carbons (Fsp3) is 0.458. The summed E-state index contributed by atoms with van der Waals surface area (Å²) in [6, 6.07) is 7.10. The largest absolute Gasteiger partial charge is 0.427 e. The number of anilines is 1. The van der Waals surface area contributed by atoms with Crippen LogP contribution in [0.1, 0.15) is 34.1 Å². The van der Waals surface area contributed by atoms with E-state index in [4.69, 9.17) is 27.9 Å². The quantitative estimate of drug-likeness (QED) is 0.233. The van der Waals surface area contributed by atoms with E-state index < -0.39 is 11.4 Å². The lowest BCUT2D eigenvalue weighted by atomic mass is 9.72. The van der Waals surface area contributed by atoms with Crippen molar-refractivity contribution in [3.8, 4) is 5.75 Å². The summed E-state index contributed by atoms with van der Waals surface area (Å²) in [5.41, 5.74) is 1.41. The molecule has 0 fully saturated rings. The maximum absolute atomic E-state index is 13.0. The van der Waals surface area contributed by atoms with E-state index in [0.29, 0.717) is 47.3 Å². The molecule has 0 saturated carbocycles. The first-order valence-corrected chi connectivity index (χ1v) is 11.5. The summed E-state index contributed by atoms with van der Waals surface area (Å²) in [6.07, 6.45) is -0.0545. The minimum absolute atomic E-state index is 0.0545. The Bertz CT molecular complexity index is 943. The van der Waals surface area contributed by atoms with Crippen molar-refractivity contribution in [1.29, 1.82) is 0 Å². The number of Topliss-reactive ketones (excluding diaryl/α,β-unsaturated/α-hetero) is 2. The number of hydrogen-bond donors (Lipinski definition) is 1. The standard InChI is InChI=1S/C24H30Cl2N2O4/c1-15-20(23(31)21(27-5)16(2)22(15)30)24(3,4)14-19(29)32-18-8-6-17(7-9-18)28(12-10-25)13-11-26/h6-9,27H,10-14H2,1-5H3. The summed E-state index contributed by atoms with van der Waals surface area (Å²) in [7, 11) is 1.61. The molecule has 0 amide bonds. The summed E-state index contributed by atoms with van der Waals surface area (Å²) in [4.78, 5) is 40.4. The maximum Gasteiger partial charge on any atom is 0.312 e. The molecule has 0 aliphatic heterocycles. The highest BCUT2D eigenvalue weighted by molar-refractivity contribution is 6.25. The summed E-state index contributed by atoms with van der Waals surface area (Å²) in [5, 5.41) is 2.82. The molecule has 1 aromatic carbocycles. The maximum atomic E-state index is 13.0. The number of esters is 1. The van der Waals surface area contributed by atoms with Crippen molar-refractivity contribution in [3.63, 3.8) is 0 Å². The van der Waals surface area contributed by atoms with Crippen molar-refractivity contribution < 1.29 is 19.1 Å². The number of ketones is 2. The highest BCUT2D eigenvalue weighted by Crippen LogP contribution is 2.38. The third-order valence-electron chi connectivity index (χ3n) is 5.54. The van der Waals surface area contributed by atoms with Crippen LogP contribution < -0.4 is 15.0 Å². The normalized spacial score (nSPS) is 14.7. The van der Waals surface area contributed by atoms with Crippen LogP contribution >= 0.6 is 23.2 Å². The van der Waals surface area contributed by atoms with E-state index in [9.17, 15) is 14.4 Å². The lowest BCUT2D eigenvalue weighted by molar-refractivity contribution is -0.136. The van der Waals surface area contributed by atoms with Gasteiger partial charge in [0.1, 0.15) is 5.75 Å². The predicted molar refractivity (Wildman–Crippen MR) is 129 cm³/mol. The first-order valence-electron chi connectivity index (χ1n) is 10.4. The number of allylic oxidation sites excluding steroid dienone is 3. The minimum Gasteiger partial charge on any atom is -0.427 e. The highest BCUT2D eigenvalue weighted by atomic mass is 35.5. The SMILES string of the molecule is CNC1=C(C)C(=O)C(C)=C(C(C)(C)CC(=O)Oc2ccc(N(CCCl)CCCl)cc2)C1=O. The van der Waals surface area contributed by atoms with Gasteiger partial charge in [0.05, 0.1) is 12.1 Å². The number of hydrogen-bond acceptors (Lipinski definition) is 6. The molecule has 0 heterocycles. The smallest absolute Gasteiger partial charge is 0.312 e. The van der Waals surface area contributed by atoms with Crippen molar-refractivity contribution in [1.82, 2.24) is 5.32 Å². The van der Waals surface area contributed by atoms with Crippen LogP contribution in [0.25, 0.3) is 0 Å². The van der Waals surface area contributed by atoms with Gasteiger partial charge in [-0.25, -0.2) is 0 Å². The molecule has 1 aromatic rings. The van der Waals surface area contributed by atoms with Gasteiger partial charge in [-0.05, 0) is 38.1 Å². The van der Waals surface area contributed by atoms with Crippen LogP contribution in [0.5, 0.6) is 5.75 Å². The van der Waals surface area contributed by atoms with Crippen LogP contribution in [0, 0.1) is 5.41 Å². The van der Waals surface area contributed by atoms with Crippen molar-refractivity contribution >= 4 is 46.4 Å². The van der Waals surface area contributed by atoms with Crippen LogP contribution in [-0.4, -0.2) is 49.4 Å². The Kier molecular flexibility index (Phi) is 8.93. The molecule has 6 nitrogen and oxygen atoms in total. The molecule has 0 radical (unpaired) electrons. The zero-order valence-corrected chi connectivity index (χ0v) is 20.7. The summed E-state index contributed by atoms with van der Waals surface area (Å²) >= 11 is 11.7. The number of nitrogens with zero attached hydrogens (tertiary/aromatic N) is 1. The second-order valence-electron chi connectivity index (χ2n) is 8.30. The van der Waals surface area contributed by atoms with Gasteiger partial charge in [0.25, 0.3) is 0 Å². The number of carbonyl (C=O) groups is 3.